The Bertz CT molecular complexity index is 885. The van der Waals surface area contributed by atoms with Gasteiger partial charge in [-0.2, -0.15) is 0 Å². The lowest BCUT2D eigenvalue weighted by Crippen LogP contribution is -2.51. The molecule has 3 N–H and O–H groups in total. The lowest BCUT2D eigenvalue weighted by atomic mass is 10.0. The molecule has 0 aromatic heterocycles. The Labute approximate surface area is 191 Å². The normalized spacial score (nSPS) is 17.6. The third-order valence-corrected chi connectivity index (χ3v) is 5.72. The van der Waals surface area contributed by atoms with Crippen LogP contribution < -0.4 is 25.0 Å². The topological polar surface area (TPSA) is 78.4 Å². The van der Waals surface area contributed by atoms with Crippen molar-refractivity contribution in [2.45, 2.75) is 38.8 Å². The number of aliphatic hydroxyl groups is 1. The Kier molecular flexibility index (Phi) is 8.62. The van der Waals surface area contributed by atoms with Crippen molar-refractivity contribution in [3.63, 3.8) is 0 Å². The fraction of sp³-hybridized carbons (Fsp3) is 0.480. The molecular weight excluding hydrogens is 404 g/mol. The van der Waals surface area contributed by atoms with E-state index in [0.29, 0.717) is 17.5 Å². The van der Waals surface area contributed by atoms with Gasteiger partial charge in [0.25, 0.3) is 0 Å². The molecule has 32 heavy (non-hydrogen) atoms. The lowest BCUT2D eigenvalue weighted by Gasteiger charge is -2.35. The van der Waals surface area contributed by atoms with Gasteiger partial charge in [0.1, 0.15) is 0 Å². The molecule has 0 radical (unpaired) electrons. The summed E-state index contributed by atoms with van der Waals surface area (Å²) >= 11 is 0. The van der Waals surface area contributed by atoms with Crippen molar-refractivity contribution in [1.82, 2.24) is 10.6 Å². The molecule has 174 valence electrons. The van der Waals surface area contributed by atoms with Gasteiger partial charge in [0.15, 0.2) is 17.5 Å². The van der Waals surface area contributed by atoms with Crippen molar-refractivity contribution in [2.24, 2.45) is 4.99 Å². The van der Waals surface area contributed by atoms with Gasteiger partial charge in [-0.05, 0) is 56.5 Å². The third-order valence-electron chi connectivity index (χ3n) is 5.72. The van der Waals surface area contributed by atoms with E-state index in [1.807, 2.05) is 13.0 Å². The summed E-state index contributed by atoms with van der Waals surface area (Å²) in [5.41, 5.74) is 3.27. The van der Waals surface area contributed by atoms with Crippen LogP contribution in [-0.4, -0.2) is 57.5 Å². The first-order valence-corrected chi connectivity index (χ1v) is 11.3. The number of nitrogens with zero attached hydrogens (tertiary/aromatic N) is 2. The minimum Gasteiger partial charge on any atom is -0.493 e. The van der Waals surface area contributed by atoms with E-state index in [9.17, 15) is 5.11 Å². The smallest absolute Gasteiger partial charge is 0.191 e. The molecule has 1 heterocycles. The number of methoxy groups -OCH3 is 2. The maximum Gasteiger partial charge on any atom is 0.191 e. The lowest BCUT2D eigenvalue weighted by molar-refractivity contribution is 0.186. The first-order valence-electron chi connectivity index (χ1n) is 11.3. The summed E-state index contributed by atoms with van der Waals surface area (Å²) in [6.07, 6.45) is 1.48. The molecule has 2 atom stereocenters. The van der Waals surface area contributed by atoms with Crippen LogP contribution in [0.15, 0.2) is 47.5 Å². The van der Waals surface area contributed by atoms with Gasteiger partial charge < -0.3 is 30.1 Å². The van der Waals surface area contributed by atoms with E-state index in [-0.39, 0.29) is 6.54 Å². The molecule has 1 fully saturated rings. The molecule has 1 aliphatic heterocycles. The van der Waals surface area contributed by atoms with Crippen LogP contribution >= 0.6 is 0 Å². The summed E-state index contributed by atoms with van der Waals surface area (Å²) in [4.78, 5) is 7.06. The highest BCUT2D eigenvalue weighted by Gasteiger charge is 2.21. The predicted octanol–water partition coefficient (Wildman–Crippen LogP) is 3.27. The van der Waals surface area contributed by atoms with Crippen LogP contribution in [0.4, 0.5) is 5.69 Å². The maximum atomic E-state index is 10.7. The second-order valence-corrected chi connectivity index (χ2v) is 8.11. The number of piperidine rings is 1. The average molecular weight is 441 g/mol. The number of nitrogens with one attached hydrogen (secondary N) is 2. The van der Waals surface area contributed by atoms with Gasteiger partial charge in [-0.25, -0.2) is 0 Å². The number of aliphatic imine (C=N–C) groups is 1. The minimum atomic E-state index is -0.735. The summed E-state index contributed by atoms with van der Waals surface area (Å²) < 4.78 is 10.6. The van der Waals surface area contributed by atoms with E-state index < -0.39 is 6.10 Å². The molecule has 3 rings (SSSR count). The maximum absolute atomic E-state index is 10.7. The fourth-order valence-electron chi connectivity index (χ4n) is 3.94. The largest absolute Gasteiger partial charge is 0.493 e. The van der Waals surface area contributed by atoms with Gasteiger partial charge in [0.2, 0.25) is 0 Å². The predicted molar refractivity (Wildman–Crippen MR) is 130 cm³/mol. The molecule has 2 unspecified atom stereocenters. The van der Waals surface area contributed by atoms with Crippen LogP contribution in [0.25, 0.3) is 0 Å². The molecular formula is C25H36N4O3. The monoisotopic (exact) mass is 440 g/mol. The van der Waals surface area contributed by atoms with Crippen LogP contribution in [0, 0.1) is 6.92 Å². The molecule has 7 nitrogen and oxygen atoms in total. The highest BCUT2D eigenvalue weighted by molar-refractivity contribution is 5.80. The Morgan fingerprint density at radius 3 is 2.59 bits per heavy atom. The number of ether oxygens (including phenoxy) is 2. The molecule has 0 saturated carbocycles. The van der Waals surface area contributed by atoms with E-state index in [2.05, 4.69) is 51.7 Å². The van der Waals surface area contributed by atoms with E-state index in [1.165, 1.54) is 11.3 Å². The average Bonchev–Trinajstić information content (AvgIpc) is 2.82. The molecule has 1 saturated heterocycles. The second kappa shape index (κ2) is 11.6. The zero-order valence-electron chi connectivity index (χ0n) is 19.6. The number of rotatable bonds is 8. The molecule has 2 aromatic carbocycles. The zero-order chi connectivity index (χ0) is 22.9. The van der Waals surface area contributed by atoms with Gasteiger partial charge in [-0.15, -0.1) is 0 Å². The van der Waals surface area contributed by atoms with E-state index >= 15 is 0 Å². The standard InChI is InChI=1S/C25H36N4O3/c1-5-26-25(27-16-22(30)19-10-13-23(31-3)24(15-19)32-4)28-20-7-6-14-29(17-20)21-11-8-18(2)9-12-21/h8-13,15,20,22,30H,5-7,14,16-17H2,1-4H3,(H2,26,27,28). The van der Waals surface area contributed by atoms with Crippen LogP contribution in [0.3, 0.4) is 0 Å². The number of benzene rings is 2. The van der Waals surface area contributed by atoms with E-state index in [0.717, 1.165) is 44.0 Å². The Morgan fingerprint density at radius 1 is 1.16 bits per heavy atom. The number of hydrogen-bond acceptors (Lipinski definition) is 5. The van der Waals surface area contributed by atoms with Crippen LogP contribution in [0.5, 0.6) is 11.5 Å². The molecule has 0 aliphatic carbocycles. The van der Waals surface area contributed by atoms with Gasteiger partial charge in [0, 0.05) is 31.4 Å². The molecule has 1 aliphatic rings. The second-order valence-electron chi connectivity index (χ2n) is 8.11. The third kappa shape index (κ3) is 6.29. The first kappa shape index (κ1) is 23.7. The van der Waals surface area contributed by atoms with Crippen molar-refractivity contribution in [3.8, 4) is 11.5 Å². The highest BCUT2D eigenvalue weighted by Crippen LogP contribution is 2.30. The van der Waals surface area contributed by atoms with E-state index in [4.69, 9.17) is 9.47 Å². The molecule has 2 aromatic rings. The summed E-state index contributed by atoms with van der Waals surface area (Å²) in [6.45, 7) is 7.14. The number of anilines is 1. The Hall–Kier alpha value is -2.93. The molecule has 0 spiro atoms. The van der Waals surface area contributed by atoms with Crippen molar-refractivity contribution < 1.29 is 14.6 Å². The first-order chi connectivity index (χ1) is 15.5. The Balaban J connectivity index is 1.63. The van der Waals surface area contributed by atoms with Gasteiger partial charge in [-0.1, -0.05) is 23.8 Å². The minimum absolute atomic E-state index is 0.249. The quantitative estimate of drug-likeness (QED) is 0.432. The number of guanidine groups is 1. The number of aryl methyl sites for hydroxylation is 1. The van der Waals surface area contributed by atoms with Crippen molar-refractivity contribution in [1.29, 1.82) is 0 Å². The molecule has 0 bridgehead atoms. The zero-order valence-corrected chi connectivity index (χ0v) is 19.6. The van der Waals surface area contributed by atoms with Gasteiger partial charge in [-0.3, -0.25) is 4.99 Å². The number of aliphatic hydroxyl groups excluding tert-OH is 1. The van der Waals surface area contributed by atoms with Crippen molar-refractivity contribution >= 4 is 11.6 Å². The van der Waals surface area contributed by atoms with Gasteiger partial charge in [0.05, 0.1) is 26.9 Å². The van der Waals surface area contributed by atoms with Crippen LogP contribution in [0.1, 0.15) is 37.0 Å². The van der Waals surface area contributed by atoms with E-state index in [1.54, 1.807) is 26.4 Å². The highest BCUT2D eigenvalue weighted by atomic mass is 16.5. The molecule has 0 amide bonds. The molecule has 7 heteroatoms. The Morgan fingerprint density at radius 2 is 1.91 bits per heavy atom. The summed E-state index contributed by atoms with van der Waals surface area (Å²) in [6, 6.07) is 14.4. The summed E-state index contributed by atoms with van der Waals surface area (Å²) in [5.74, 6) is 1.96. The summed E-state index contributed by atoms with van der Waals surface area (Å²) in [7, 11) is 3.18. The van der Waals surface area contributed by atoms with Gasteiger partial charge >= 0.3 is 0 Å². The summed E-state index contributed by atoms with van der Waals surface area (Å²) in [5, 5.41) is 17.5. The van der Waals surface area contributed by atoms with Crippen molar-refractivity contribution in [3.05, 3.63) is 53.6 Å². The number of hydrogen-bond donors (Lipinski definition) is 3. The van der Waals surface area contributed by atoms with Crippen LogP contribution in [-0.2, 0) is 0 Å². The SMILES string of the molecule is CCNC(=NCC(O)c1ccc(OC)c(OC)c1)NC1CCCN(c2ccc(C)cc2)C1. The fourth-order valence-corrected chi connectivity index (χ4v) is 3.94. The van der Waals surface area contributed by atoms with Crippen molar-refractivity contribution in [2.75, 3.05) is 45.3 Å². The van der Waals surface area contributed by atoms with Crippen LogP contribution in [0.2, 0.25) is 0 Å².